The smallest absolute Gasteiger partial charge is 0.303 e. The Labute approximate surface area is 134 Å². The van der Waals surface area contributed by atoms with E-state index in [1.54, 1.807) is 6.07 Å². The van der Waals surface area contributed by atoms with Gasteiger partial charge in [0.05, 0.1) is 0 Å². The number of carbonyl (C=O) groups excluding carboxylic acids is 1. The number of nitrogens with zero attached hydrogens (tertiary/aromatic N) is 1. The lowest BCUT2D eigenvalue weighted by molar-refractivity contribution is -0.151. The number of para-hydroxylation sites is 2. The molecule has 1 aromatic rings. The zero-order valence-electron chi connectivity index (χ0n) is 13.6. The zero-order chi connectivity index (χ0) is 17.0. The molecule has 120 valence electrons. The lowest BCUT2D eigenvalue weighted by atomic mass is 10.2. The van der Waals surface area contributed by atoms with E-state index in [1.165, 1.54) is 19.1 Å². The fourth-order valence-corrected chi connectivity index (χ4v) is 1.98. The summed E-state index contributed by atoms with van der Waals surface area (Å²) in [5.41, 5.74) is 1.79. The summed E-state index contributed by atoms with van der Waals surface area (Å²) in [5.74, 6) is 0.304. The molecule has 1 aliphatic heterocycles. The molecule has 0 unspecified atom stereocenters. The third kappa shape index (κ3) is 4.92. The first-order valence-electron chi connectivity index (χ1n) is 7.24. The Kier molecular flexibility index (Phi) is 4.79. The molecule has 0 saturated heterocycles. The van der Waals surface area contributed by atoms with Gasteiger partial charge < -0.3 is 9.15 Å². The minimum absolute atomic E-state index is 0.0664. The van der Waals surface area contributed by atoms with Crippen molar-refractivity contribution in [2.45, 2.75) is 33.3 Å². The van der Waals surface area contributed by atoms with Gasteiger partial charge in [-0.25, -0.2) is 4.98 Å². The fraction of sp³-hybridized carbons (Fsp3) is 0.278. The first-order valence-corrected chi connectivity index (χ1v) is 7.24. The number of hydrogen-bond acceptors (Lipinski definition) is 5. The standard InChI is InChI=1S/C12H7NO2.C6H12O2/c14-8-5-6-10-12(7-8)15-11-4-2-1-3-9(11)13-10;1-5(7)8-6(2,3)4/h1-7H;1-4H3. The second kappa shape index (κ2) is 6.60. The Morgan fingerprint density at radius 2 is 1.83 bits per heavy atom. The molecular formula is C18H19NO4. The van der Waals surface area contributed by atoms with Crippen LogP contribution in [0.2, 0.25) is 0 Å². The van der Waals surface area contributed by atoms with Crippen molar-refractivity contribution >= 4 is 17.1 Å². The molecule has 0 fully saturated rings. The van der Waals surface area contributed by atoms with Crippen LogP contribution in [0.3, 0.4) is 0 Å². The maximum Gasteiger partial charge on any atom is 0.303 e. The summed E-state index contributed by atoms with van der Waals surface area (Å²) in [6.45, 7) is 6.93. The number of fused-ring (bicyclic) bond motifs is 2. The van der Waals surface area contributed by atoms with Crippen LogP contribution in [0.4, 0.5) is 0 Å². The van der Waals surface area contributed by atoms with Crippen molar-refractivity contribution in [2.75, 3.05) is 0 Å². The molecule has 0 amide bonds. The van der Waals surface area contributed by atoms with Crippen LogP contribution in [0, 0.1) is 0 Å². The topological polar surface area (TPSA) is 69.4 Å². The molecule has 0 aromatic heterocycles. The second-order valence-corrected chi connectivity index (χ2v) is 6.02. The number of rotatable bonds is 0. The van der Waals surface area contributed by atoms with Gasteiger partial charge >= 0.3 is 5.97 Å². The monoisotopic (exact) mass is 313 g/mol. The molecule has 5 nitrogen and oxygen atoms in total. The third-order valence-electron chi connectivity index (χ3n) is 2.71. The van der Waals surface area contributed by atoms with Gasteiger partial charge in [0.15, 0.2) is 16.8 Å². The summed E-state index contributed by atoms with van der Waals surface area (Å²) in [4.78, 5) is 25.8. The SMILES string of the molecule is CC(=O)OC(C)(C)C.O=c1ccc2nc3ccccc3oc-2c1. The minimum Gasteiger partial charge on any atom is -0.460 e. The average Bonchev–Trinajstić information content (AvgIpc) is 2.43. The molecular weight excluding hydrogens is 294 g/mol. The summed E-state index contributed by atoms with van der Waals surface area (Å²) >= 11 is 0. The Balaban J connectivity index is 0.000000207. The van der Waals surface area contributed by atoms with Gasteiger partial charge in [-0.15, -0.1) is 0 Å². The molecule has 2 aliphatic rings. The number of benzene rings is 2. The van der Waals surface area contributed by atoms with Gasteiger partial charge in [0.2, 0.25) is 0 Å². The van der Waals surface area contributed by atoms with Crippen molar-refractivity contribution in [3.63, 3.8) is 0 Å². The van der Waals surface area contributed by atoms with Gasteiger partial charge in [0, 0.05) is 13.0 Å². The highest BCUT2D eigenvalue weighted by Crippen LogP contribution is 2.22. The van der Waals surface area contributed by atoms with Crippen molar-refractivity contribution in [1.29, 1.82) is 0 Å². The lowest BCUT2D eigenvalue weighted by Crippen LogP contribution is -2.21. The Bertz CT molecular complexity index is 845. The molecule has 0 radical (unpaired) electrons. The van der Waals surface area contributed by atoms with E-state index < -0.39 is 0 Å². The zero-order valence-corrected chi connectivity index (χ0v) is 13.6. The van der Waals surface area contributed by atoms with E-state index in [2.05, 4.69) is 4.98 Å². The van der Waals surface area contributed by atoms with Gasteiger partial charge in [-0.1, -0.05) is 12.1 Å². The predicted octanol–water partition coefficient (Wildman–Crippen LogP) is 3.64. The Morgan fingerprint density at radius 3 is 2.43 bits per heavy atom. The maximum absolute atomic E-state index is 11.1. The average molecular weight is 313 g/mol. The van der Waals surface area contributed by atoms with Gasteiger partial charge in [-0.05, 0) is 45.0 Å². The first-order chi connectivity index (χ1) is 10.7. The fourth-order valence-electron chi connectivity index (χ4n) is 1.98. The molecule has 0 atom stereocenters. The first kappa shape index (κ1) is 16.7. The maximum atomic E-state index is 11.1. The molecule has 1 aromatic carbocycles. The van der Waals surface area contributed by atoms with Crippen LogP contribution in [-0.4, -0.2) is 16.6 Å². The lowest BCUT2D eigenvalue weighted by Gasteiger charge is -2.17. The van der Waals surface area contributed by atoms with Gasteiger partial charge in [0.25, 0.3) is 0 Å². The van der Waals surface area contributed by atoms with Crippen LogP contribution in [0.15, 0.2) is 51.7 Å². The van der Waals surface area contributed by atoms with Gasteiger partial charge in [-0.3, -0.25) is 9.59 Å². The molecule has 0 N–H and O–H groups in total. The van der Waals surface area contributed by atoms with Crippen molar-refractivity contribution in [3.05, 3.63) is 52.7 Å². The largest absolute Gasteiger partial charge is 0.460 e. The summed E-state index contributed by atoms with van der Waals surface area (Å²) in [5, 5.41) is 0. The van der Waals surface area contributed by atoms with Crippen molar-refractivity contribution < 1.29 is 13.9 Å². The molecule has 0 spiro atoms. The molecule has 3 rings (SSSR count). The van der Waals surface area contributed by atoms with E-state index >= 15 is 0 Å². The molecule has 0 bridgehead atoms. The molecule has 1 aliphatic carbocycles. The number of esters is 1. The number of ether oxygens (including phenoxy) is 1. The highest BCUT2D eigenvalue weighted by atomic mass is 16.6. The van der Waals surface area contributed by atoms with E-state index in [1.807, 2.05) is 45.0 Å². The van der Waals surface area contributed by atoms with E-state index in [4.69, 9.17) is 9.15 Å². The van der Waals surface area contributed by atoms with Crippen LogP contribution in [0.1, 0.15) is 27.7 Å². The predicted molar refractivity (Wildman–Crippen MR) is 88.4 cm³/mol. The third-order valence-corrected chi connectivity index (χ3v) is 2.71. The van der Waals surface area contributed by atoms with Crippen molar-refractivity contribution in [2.24, 2.45) is 0 Å². The van der Waals surface area contributed by atoms with Gasteiger partial charge in [0.1, 0.15) is 16.8 Å². The number of hydrogen-bond donors (Lipinski definition) is 0. The number of carbonyl (C=O) groups is 1. The highest BCUT2D eigenvalue weighted by molar-refractivity contribution is 5.75. The second-order valence-electron chi connectivity index (χ2n) is 6.02. The number of aromatic nitrogens is 1. The Hall–Kier alpha value is -2.69. The van der Waals surface area contributed by atoms with E-state index in [-0.39, 0.29) is 17.0 Å². The molecule has 23 heavy (non-hydrogen) atoms. The Morgan fingerprint density at radius 1 is 1.13 bits per heavy atom. The van der Waals surface area contributed by atoms with E-state index in [0.29, 0.717) is 17.0 Å². The quantitative estimate of drug-likeness (QED) is 0.468. The van der Waals surface area contributed by atoms with Crippen LogP contribution in [0.5, 0.6) is 0 Å². The van der Waals surface area contributed by atoms with Crippen LogP contribution < -0.4 is 5.43 Å². The summed E-state index contributed by atoms with van der Waals surface area (Å²) in [6, 6.07) is 12.1. The van der Waals surface area contributed by atoms with E-state index in [9.17, 15) is 9.59 Å². The van der Waals surface area contributed by atoms with Crippen molar-refractivity contribution in [1.82, 2.24) is 4.98 Å². The summed E-state index contributed by atoms with van der Waals surface area (Å²) in [6.07, 6.45) is 0. The molecule has 1 heterocycles. The van der Waals surface area contributed by atoms with Gasteiger partial charge in [-0.2, -0.15) is 0 Å². The summed E-state index contributed by atoms with van der Waals surface area (Å²) in [7, 11) is 0. The highest BCUT2D eigenvalue weighted by Gasteiger charge is 2.11. The normalized spacial score (nSPS) is 11.0. The minimum atomic E-state index is -0.328. The van der Waals surface area contributed by atoms with E-state index in [0.717, 1.165) is 5.52 Å². The van der Waals surface area contributed by atoms with Crippen LogP contribution in [0.25, 0.3) is 22.6 Å². The van der Waals surface area contributed by atoms with Crippen LogP contribution in [-0.2, 0) is 9.53 Å². The molecule has 5 heteroatoms. The summed E-state index contributed by atoms with van der Waals surface area (Å²) < 4.78 is 10.4. The van der Waals surface area contributed by atoms with Crippen molar-refractivity contribution in [3.8, 4) is 11.5 Å². The molecule has 0 saturated carbocycles. The van der Waals surface area contributed by atoms with Crippen LogP contribution >= 0.6 is 0 Å².